The van der Waals surface area contributed by atoms with E-state index in [-0.39, 0.29) is 26.1 Å². The van der Waals surface area contributed by atoms with Gasteiger partial charge in [-0.2, -0.15) is 0 Å². The molecule has 176 valence electrons. The fourth-order valence-corrected chi connectivity index (χ4v) is 16.4. The number of nitrogens with zero attached hydrogens (tertiary/aromatic N) is 1. The van der Waals surface area contributed by atoms with Crippen molar-refractivity contribution in [3.63, 3.8) is 0 Å². The molecule has 0 unspecified atom stereocenters. The van der Waals surface area contributed by atoms with E-state index >= 15 is 0 Å². The number of hydrogen-bond acceptors (Lipinski definition) is 3. The first-order chi connectivity index (χ1) is 17.2. The molecular weight excluding hydrogens is 541 g/mol. The summed E-state index contributed by atoms with van der Waals surface area (Å²) >= 11 is 0.00287. The summed E-state index contributed by atoms with van der Waals surface area (Å²) in [7, 11) is -3.82. The number of hydrogen-bond donors (Lipinski definition) is 0. The summed E-state index contributed by atoms with van der Waals surface area (Å²) < 4.78 is 2.50. The molecule has 2 aliphatic heterocycles. The van der Waals surface area contributed by atoms with Crippen molar-refractivity contribution >= 4 is 85.0 Å². The van der Waals surface area contributed by atoms with Gasteiger partial charge in [-0.3, -0.25) is 0 Å². The Bertz CT molecular complexity index is 1660. The van der Waals surface area contributed by atoms with Crippen LogP contribution in [-0.2, 0) is 0 Å². The molecule has 1 aromatic heterocycles. The van der Waals surface area contributed by atoms with Gasteiger partial charge in [0.1, 0.15) is 0 Å². The van der Waals surface area contributed by atoms with Crippen molar-refractivity contribution in [2.24, 2.45) is 0 Å². The Labute approximate surface area is 218 Å². The van der Waals surface area contributed by atoms with Gasteiger partial charge in [-0.15, -0.1) is 0 Å². The van der Waals surface area contributed by atoms with E-state index in [9.17, 15) is 9.59 Å². The molecule has 0 saturated carbocycles. The summed E-state index contributed by atoms with van der Waals surface area (Å²) in [6.07, 6.45) is 1.90. The third-order valence-corrected chi connectivity index (χ3v) is 17.9. The van der Waals surface area contributed by atoms with E-state index in [2.05, 4.69) is 79.6 Å². The summed E-state index contributed by atoms with van der Waals surface area (Å²) in [6.45, 7) is 9.85. The van der Waals surface area contributed by atoms with Crippen LogP contribution in [0.25, 0.3) is 6.08 Å². The molecule has 36 heavy (non-hydrogen) atoms. The van der Waals surface area contributed by atoms with Gasteiger partial charge < -0.3 is 0 Å². The van der Waals surface area contributed by atoms with Gasteiger partial charge in [0.25, 0.3) is 0 Å². The summed E-state index contributed by atoms with van der Waals surface area (Å²) in [6, 6.07) is 25.4. The molecule has 1 aliphatic carbocycles. The molecule has 0 atom stereocenters. The Morgan fingerprint density at radius 1 is 0.694 bits per heavy atom. The number of anilines is 3. The van der Waals surface area contributed by atoms with Crippen molar-refractivity contribution in [2.75, 3.05) is 4.90 Å². The average Bonchev–Trinajstić information content (AvgIpc) is 3.40. The van der Waals surface area contributed by atoms with E-state index in [1.54, 1.807) is 12.1 Å². The van der Waals surface area contributed by atoms with Crippen molar-refractivity contribution in [3.05, 3.63) is 93.9 Å². The first-order valence-electron chi connectivity index (χ1n) is 12.3. The molecule has 0 spiro atoms. The van der Waals surface area contributed by atoms with E-state index in [1.807, 2.05) is 18.2 Å². The second-order valence-electron chi connectivity index (χ2n) is 10.9. The van der Waals surface area contributed by atoms with Crippen LogP contribution in [0.2, 0.25) is 26.2 Å². The van der Waals surface area contributed by atoms with E-state index < -0.39 is 16.1 Å². The topological polar surface area (TPSA) is 37.4 Å². The quantitative estimate of drug-likeness (QED) is 0.199. The summed E-state index contributed by atoms with van der Waals surface area (Å²) in [5.74, 6) is -0.286. The first-order valence-corrected chi connectivity index (χ1v) is 20.0. The number of benzene rings is 3. The van der Waals surface area contributed by atoms with Gasteiger partial charge >= 0.3 is 220 Å². The number of carbonyl (C=O) groups excluding carboxylic acids is 2. The molecule has 0 fully saturated rings. The summed E-state index contributed by atoms with van der Waals surface area (Å²) in [5.41, 5.74) is 4.11. The second-order valence-corrected chi connectivity index (χ2v) is 21.8. The van der Waals surface area contributed by atoms with Crippen LogP contribution in [-0.4, -0.2) is 42.2 Å². The zero-order chi connectivity index (χ0) is 25.0. The predicted molar refractivity (Wildman–Crippen MR) is 155 cm³/mol. The van der Waals surface area contributed by atoms with Crippen LogP contribution in [0.15, 0.2) is 78.4 Å². The maximum absolute atomic E-state index is 13.1. The molecule has 0 amide bonds. The molecule has 3 aliphatic rings. The molecule has 0 saturated heterocycles. The molecule has 3 heterocycles. The monoisotopic (exact) mass is 567 g/mol. The molecule has 3 aromatic carbocycles. The first kappa shape index (κ1) is 22.2. The number of fused-ring (bicyclic) bond motifs is 5. The standard InChI is InChI=1S/C30H25NO2SeSi2/c1-35(2)23-13-8-7-12-22(23)31-27-24(35)14-9-15-25(27)36(3,4)26-17-18(34-30(26)31)16-21-28(32)19-10-5-6-11-20(19)29(21)33/h5-17H,1-4H3. The van der Waals surface area contributed by atoms with Crippen molar-refractivity contribution in [2.45, 2.75) is 26.2 Å². The van der Waals surface area contributed by atoms with Crippen LogP contribution < -0.4 is 25.6 Å². The minimum atomic E-state index is -1.98. The molecule has 4 aromatic rings. The van der Waals surface area contributed by atoms with Crippen molar-refractivity contribution < 1.29 is 9.59 Å². The van der Waals surface area contributed by atoms with Crippen molar-refractivity contribution in [3.8, 4) is 0 Å². The molecule has 0 bridgehead atoms. The van der Waals surface area contributed by atoms with E-state index in [1.165, 1.54) is 36.7 Å². The van der Waals surface area contributed by atoms with Crippen LogP contribution in [0.3, 0.4) is 0 Å². The molecule has 6 heteroatoms. The van der Waals surface area contributed by atoms with Gasteiger partial charge in [-0.05, 0) is 0 Å². The zero-order valence-electron chi connectivity index (χ0n) is 20.7. The Morgan fingerprint density at radius 2 is 1.25 bits per heavy atom. The van der Waals surface area contributed by atoms with Crippen LogP contribution in [0, 0.1) is 0 Å². The number of rotatable bonds is 1. The van der Waals surface area contributed by atoms with Crippen molar-refractivity contribution in [1.82, 2.24) is 0 Å². The number of carbonyl (C=O) groups is 2. The van der Waals surface area contributed by atoms with Crippen molar-refractivity contribution in [1.29, 1.82) is 0 Å². The number of Topliss-reactive ketones (excluding diaryl/α,β-unsaturated/α-hetero) is 2. The summed E-state index contributed by atoms with van der Waals surface area (Å²) in [4.78, 5) is 28.8. The normalized spacial score (nSPS) is 17.9. The number of ketones is 2. The number of para-hydroxylation sites is 2. The Kier molecular flexibility index (Phi) is 4.48. The average molecular weight is 567 g/mol. The van der Waals surface area contributed by atoms with Gasteiger partial charge in [-0.1, -0.05) is 0 Å². The molecule has 3 nitrogen and oxygen atoms in total. The zero-order valence-corrected chi connectivity index (χ0v) is 24.4. The summed E-state index contributed by atoms with van der Waals surface area (Å²) in [5, 5.41) is 5.92. The molecule has 0 N–H and O–H groups in total. The van der Waals surface area contributed by atoms with Gasteiger partial charge in [0.2, 0.25) is 0 Å². The van der Waals surface area contributed by atoms with E-state index in [0.717, 1.165) is 4.44 Å². The van der Waals surface area contributed by atoms with Crippen LogP contribution in [0.5, 0.6) is 0 Å². The van der Waals surface area contributed by atoms with Gasteiger partial charge in [0.15, 0.2) is 0 Å². The molecule has 0 radical (unpaired) electrons. The fraction of sp³-hybridized carbons (Fsp3) is 0.133. The minimum absolute atomic E-state index is 0.00287. The SMILES string of the molecule is C[Si]1(C)c2ccccc2N2c3[se]c(C=C4C(=O)c5ccccc5C4=O)cc3[Si](C)(C)c3cccc1c32. The predicted octanol–water partition coefficient (Wildman–Crippen LogP) is 3.95. The molecule has 7 rings (SSSR count). The van der Waals surface area contributed by atoms with Crippen LogP contribution in [0.4, 0.5) is 15.9 Å². The molecular formula is C30H25NO2SeSi2. The maximum atomic E-state index is 13.1. The Morgan fingerprint density at radius 3 is 1.92 bits per heavy atom. The van der Waals surface area contributed by atoms with E-state index in [4.69, 9.17) is 0 Å². The van der Waals surface area contributed by atoms with Gasteiger partial charge in [0.05, 0.1) is 0 Å². The number of allylic oxidation sites excluding steroid dienone is 1. The Hall–Kier alpha value is -3.03. The van der Waals surface area contributed by atoms with Gasteiger partial charge in [0, 0.05) is 0 Å². The third kappa shape index (κ3) is 2.73. The third-order valence-electron chi connectivity index (χ3n) is 8.22. The Balaban J connectivity index is 1.46. The van der Waals surface area contributed by atoms with Crippen LogP contribution >= 0.6 is 0 Å². The van der Waals surface area contributed by atoms with Crippen LogP contribution in [0.1, 0.15) is 25.2 Å². The second kappa shape index (κ2) is 7.27. The van der Waals surface area contributed by atoms with Gasteiger partial charge in [-0.25, -0.2) is 0 Å². The fourth-order valence-electron chi connectivity index (χ4n) is 6.24. The van der Waals surface area contributed by atoms with E-state index in [0.29, 0.717) is 16.7 Å².